The van der Waals surface area contributed by atoms with Crippen LogP contribution in [0.25, 0.3) is 0 Å². The van der Waals surface area contributed by atoms with E-state index in [1.54, 1.807) is 11.3 Å². The summed E-state index contributed by atoms with van der Waals surface area (Å²) in [6, 6.07) is 19.5. The molecule has 0 radical (unpaired) electrons. The van der Waals surface area contributed by atoms with Gasteiger partial charge in [0.05, 0.1) is 12.2 Å². The van der Waals surface area contributed by atoms with Crippen molar-refractivity contribution in [2.45, 2.75) is 59.0 Å². The quantitative estimate of drug-likeness (QED) is 0.196. The number of aliphatic imine (C=N–C) groups is 1. The van der Waals surface area contributed by atoms with Gasteiger partial charge in [0.1, 0.15) is 11.6 Å². The second kappa shape index (κ2) is 13.3. The van der Waals surface area contributed by atoms with Crippen LogP contribution >= 0.6 is 11.3 Å². The molecular weight excluding hydrogens is 560 g/mol. The number of fused-ring (bicyclic) bond motifs is 2. The first kappa shape index (κ1) is 28.8. The van der Waals surface area contributed by atoms with E-state index in [0.717, 1.165) is 70.1 Å². The molecule has 1 amide bonds. The van der Waals surface area contributed by atoms with Crippen molar-refractivity contribution in [3.05, 3.63) is 93.4 Å². The van der Waals surface area contributed by atoms with Gasteiger partial charge in [-0.15, -0.1) is 11.3 Å². The van der Waals surface area contributed by atoms with Crippen molar-refractivity contribution < 1.29 is 23.7 Å². The molecular formula is C35H36N2O5S. The zero-order chi connectivity index (χ0) is 29.6. The van der Waals surface area contributed by atoms with Crippen LogP contribution in [0.2, 0.25) is 0 Å². The van der Waals surface area contributed by atoms with Crippen LogP contribution in [0.1, 0.15) is 70.1 Å². The Labute approximate surface area is 256 Å². The predicted octanol–water partition coefficient (Wildman–Crippen LogP) is 8.42. The lowest BCUT2D eigenvalue weighted by molar-refractivity contribution is 0.102. The molecule has 6 rings (SSSR count). The van der Waals surface area contributed by atoms with Crippen LogP contribution in [0.4, 0.5) is 10.7 Å². The standard InChI is InChI=1S/C35H36N2O5S/c1-3-39-30-18-24(12-16-28(30)40-21-25-13-17-29-31(19-25)42-22-41-29)20-36-35-33(27-8-6-4-5-7-9-32(27)43-35)34(38)37-26-14-10-23(2)11-15-26/h10-20H,3-9,21-22H2,1-2H3,(H,37,38). The van der Waals surface area contributed by atoms with Crippen LogP contribution in [0.5, 0.6) is 23.0 Å². The van der Waals surface area contributed by atoms with Crippen molar-refractivity contribution in [2.24, 2.45) is 4.99 Å². The summed E-state index contributed by atoms with van der Waals surface area (Å²) in [5.74, 6) is 2.66. The molecule has 43 heavy (non-hydrogen) atoms. The highest BCUT2D eigenvalue weighted by molar-refractivity contribution is 7.16. The molecule has 3 aromatic carbocycles. The largest absolute Gasteiger partial charge is 0.490 e. The van der Waals surface area contributed by atoms with E-state index < -0.39 is 0 Å². The average molecular weight is 597 g/mol. The van der Waals surface area contributed by atoms with Crippen LogP contribution in [-0.2, 0) is 19.4 Å². The number of ether oxygens (including phenoxy) is 4. The van der Waals surface area contributed by atoms with E-state index >= 15 is 0 Å². The molecule has 0 spiro atoms. The maximum absolute atomic E-state index is 13.7. The Kier molecular flexibility index (Phi) is 8.93. The average Bonchev–Trinajstić information content (AvgIpc) is 3.60. The van der Waals surface area contributed by atoms with Crippen molar-refractivity contribution in [1.82, 2.24) is 0 Å². The van der Waals surface area contributed by atoms with Gasteiger partial charge in [0.2, 0.25) is 6.79 Å². The summed E-state index contributed by atoms with van der Waals surface area (Å²) in [4.78, 5) is 19.8. The molecule has 0 fully saturated rings. The molecule has 0 saturated heterocycles. The molecule has 1 N–H and O–H groups in total. The molecule has 4 aromatic rings. The first-order valence-corrected chi connectivity index (χ1v) is 15.7. The number of hydrogen-bond donors (Lipinski definition) is 1. The number of rotatable bonds is 9. The van der Waals surface area contributed by atoms with Gasteiger partial charge in [-0.1, -0.05) is 36.6 Å². The van der Waals surface area contributed by atoms with E-state index in [0.29, 0.717) is 30.3 Å². The molecule has 0 bridgehead atoms. The summed E-state index contributed by atoms with van der Waals surface area (Å²) in [6.45, 7) is 5.09. The second-order valence-corrected chi connectivity index (χ2v) is 11.9. The van der Waals surface area contributed by atoms with Gasteiger partial charge in [-0.05, 0) is 98.7 Å². The van der Waals surface area contributed by atoms with E-state index in [4.69, 9.17) is 23.9 Å². The van der Waals surface area contributed by atoms with Gasteiger partial charge in [-0.25, -0.2) is 4.99 Å². The molecule has 7 nitrogen and oxygen atoms in total. The number of carbonyl (C=O) groups is 1. The van der Waals surface area contributed by atoms with Crippen LogP contribution in [0.3, 0.4) is 0 Å². The van der Waals surface area contributed by atoms with Crippen LogP contribution in [0, 0.1) is 6.92 Å². The van der Waals surface area contributed by atoms with Crippen molar-refractivity contribution in [3.63, 3.8) is 0 Å². The van der Waals surface area contributed by atoms with E-state index in [1.165, 1.54) is 17.7 Å². The maximum atomic E-state index is 13.7. The fraction of sp³-hybridized carbons (Fsp3) is 0.314. The normalized spacial score (nSPS) is 14.2. The Morgan fingerprint density at radius 1 is 0.930 bits per heavy atom. The number of anilines is 1. The monoisotopic (exact) mass is 596 g/mol. The third-order valence-electron chi connectivity index (χ3n) is 7.62. The number of amides is 1. The molecule has 1 aromatic heterocycles. The van der Waals surface area contributed by atoms with Crippen LogP contribution < -0.4 is 24.3 Å². The second-order valence-electron chi connectivity index (χ2n) is 10.8. The molecule has 0 saturated carbocycles. The summed E-state index contributed by atoms with van der Waals surface area (Å²) >= 11 is 1.64. The SMILES string of the molecule is CCOc1cc(C=Nc2sc3c(c2C(=O)Nc2ccc(C)cc2)CCCCCC3)ccc1OCc1ccc2c(c1)OCO2. The summed E-state index contributed by atoms with van der Waals surface area (Å²) in [6.07, 6.45) is 8.35. The van der Waals surface area contributed by atoms with Crippen molar-refractivity contribution in [2.75, 3.05) is 18.7 Å². The smallest absolute Gasteiger partial charge is 0.259 e. The van der Waals surface area contributed by atoms with Gasteiger partial charge in [-0.2, -0.15) is 0 Å². The molecule has 222 valence electrons. The zero-order valence-corrected chi connectivity index (χ0v) is 25.4. The molecule has 1 aliphatic heterocycles. The number of nitrogens with zero attached hydrogens (tertiary/aromatic N) is 1. The first-order valence-electron chi connectivity index (χ1n) is 14.9. The predicted molar refractivity (Wildman–Crippen MR) is 171 cm³/mol. The molecule has 2 heterocycles. The maximum Gasteiger partial charge on any atom is 0.259 e. The number of thiophene rings is 1. The molecule has 0 atom stereocenters. The van der Waals surface area contributed by atoms with Gasteiger partial charge in [0, 0.05) is 16.8 Å². The molecule has 0 unspecified atom stereocenters. The van der Waals surface area contributed by atoms with Gasteiger partial charge in [0.15, 0.2) is 23.0 Å². The van der Waals surface area contributed by atoms with E-state index in [-0.39, 0.29) is 12.7 Å². The minimum atomic E-state index is -0.101. The van der Waals surface area contributed by atoms with E-state index in [9.17, 15) is 4.79 Å². The van der Waals surface area contributed by atoms with Gasteiger partial charge in [-0.3, -0.25) is 4.79 Å². The molecule has 2 aliphatic rings. The van der Waals surface area contributed by atoms with Crippen LogP contribution in [0.15, 0.2) is 65.7 Å². The van der Waals surface area contributed by atoms with Gasteiger partial charge in [0.25, 0.3) is 5.91 Å². The van der Waals surface area contributed by atoms with E-state index in [1.807, 2.05) is 80.7 Å². The Balaban J connectivity index is 1.24. The Bertz CT molecular complexity index is 1630. The number of nitrogens with one attached hydrogen (secondary N) is 1. The lowest BCUT2D eigenvalue weighted by Gasteiger charge is -2.13. The summed E-state index contributed by atoms with van der Waals surface area (Å²) < 4.78 is 23.0. The van der Waals surface area contributed by atoms with Crippen molar-refractivity contribution in [3.8, 4) is 23.0 Å². The summed E-state index contributed by atoms with van der Waals surface area (Å²) in [7, 11) is 0. The molecule has 1 aliphatic carbocycles. The number of aryl methyl sites for hydroxylation is 2. The Hall–Kier alpha value is -4.30. The van der Waals surface area contributed by atoms with E-state index in [2.05, 4.69) is 5.32 Å². The van der Waals surface area contributed by atoms with Crippen molar-refractivity contribution >= 4 is 34.1 Å². The molecule has 8 heteroatoms. The highest BCUT2D eigenvalue weighted by Crippen LogP contribution is 2.40. The fourth-order valence-corrected chi connectivity index (χ4v) is 6.61. The highest BCUT2D eigenvalue weighted by Gasteiger charge is 2.24. The third-order valence-corrected chi connectivity index (χ3v) is 8.82. The zero-order valence-electron chi connectivity index (χ0n) is 24.6. The fourth-order valence-electron chi connectivity index (χ4n) is 5.38. The first-order chi connectivity index (χ1) is 21.1. The Morgan fingerprint density at radius 3 is 2.58 bits per heavy atom. The lowest BCUT2D eigenvalue weighted by atomic mass is 9.96. The summed E-state index contributed by atoms with van der Waals surface area (Å²) in [5, 5.41) is 3.86. The Morgan fingerprint density at radius 2 is 1.74 bits per heavy atom. The lowest BCUT2D eigenvalue weighted by Crippen LogP contribution is -2.14. The van der Waals surface area contributed by atoms with Crippen molar-refractivity contribution in [1.29, 1.82) is 0 Å². The third kappa shape index (κ3) is 6.86. The minimum Gasteiger partial charge on any atom is -0.490 e. The van der Waals surface area contributed by atoms with Gasteiger partial charge >= 0.3 is 0 Å². The topological polar surface area (TPSA) is 78.4 Å². The van der Waals surface area contributed by atoms with Gasteiger partial charge < -0.3 is 24.3 Å². The summed E-state index contributed by atoms with van der Waals surface area (Å²) in [5.41, 5.74) is 5.64. The number of benzene rings is 3. The minimum absolute atomic E-state index is 0.101. The van der Waals surface area contributed by atoms with Crippen LogP contribution in [-0.4, -0.2) is 25.5 Å². The number of hydrogen-bond acceptors (Lipinski definition) is 7. The number of carbonyl (C=O) groups excluding carboxylic acids is 1. The highest BCUT2D eigenvalue weighted by atomic mass is 32.1.